The first kappa shape index (κ1) is 13.4. The van der Waals surface area contributed by atoms with Crippen LogP contribution in [0.3, 0.4) is 0 Å². The second-order valence-electron chi connectivity index (χ2n) is 3.97. The lowest BCUT2D eigenvalue weighted by Gasteiger charge is -2.10. The highest BCUT2D eigenvalue weighted by Crippen LogP contribution is 2.32. The van der Waals surface area contributed by atoms with Crippen LogP contribution in [0.4, 0.5) is 18.9 Å². The van der Waals surface area contributed by atoms with Crippen LogP contribution in [-0.2, 0) is 12.8 Å². The molecule has 100 valence electrons. The van der Waals surface area contributed by atoms with Crippen molar-refractivity contribution >= 4 is 5.69 Å². The number of nitrogens with two attached hydrogens (primary N) is 1. The molecule has 0 saturated heterocycles. The SMILES string of the molecule is Nc1c(CO)ccnc1-c1ccc(C(F)(F)F)cc1. The van der Waals surface area contributed by atoms with Crippen molar-refractivity contribution < 1.29 is 18.3 Å². The van der Waals surface area contributed by atoms with Gasteiger partial charge in [0.05, 0.1) is 23.6 Å². The minimum Gasteiger partial charge on any atom is -0.397 e. The summed E-state index contributed by atoms with van der Waals surface area (Å²) >= 11 is 0. The Morgan fingerprint density at radius 3 is 2.26 bits per heavy atom. The zero-order valence-electron chi connectivity index (χ0n) is 9.78. The van der Waals surface area contributed by atoms with Crippen molar-refractivity contribution in [3.05, 3.63) is 47.7 Å². The van der Waals surface area contributed by atoms with Crippen LogP contribution >= 0.6 is 0 Å². The fourth-order valence-corrected chi connectivity index (χ4v) is 1.70. The van der Waals surface area contributed by atoms with Gasteiger partial charge in [-0.25, -0.2) is 0 Å². The summed E-state index contributed by atoms with van der Waals surface area (Å²) in [4.78, 5) is 4.03. The Morgan fingerprint density at radius 1 is 1.11 bits per heavy atom. The Kier molecular flexibility index (Phi) is 3.44. The van der Waals surface area contributed by atoms with Crippen molar-refractivity contribution in [3.63, 3.8) is 0 Å². The first-order chi connectivity index (χ1) is 8.93. The molecule has 19 heavy (non-hydrogen) atoms. The third kappa shape index (κ3) is 2.68. The summed E-state index contributed by atoms with van der Waals surface area (Å²) in [5, 5.41) is 9.08. The molecule has 0 bridgehead atoms. The van der Waals surface area contributed by atoms with Crippen LogP contribution in [0.1, 0.15) is 11.1 Å². The highest BCUT2D eigenvalue weighted by molar-refractivity contribution is 5.74. The first-order valence-corrected chi connectivity index (χ1v) is 5.45. The Bertz CT molecular complexity index is 579. The van der Waals surface area contributed by atoms with E-state index in [1.165, 1.54) is 18.3 Å². The number of aromatic nitrogens is 1. The van der Waals surface area contributed by atoms with E-state index < -0.39 is 11.7 Å². The molecule has 0 atom stereocenters. The lowest BCUT2D eigenvalue weighted by Crippen LogP contribution is -2.04. The molecule has 0 aliphatic rings. The molecule has 0 radical (unpaired) electrons. The summed E-state index contributed by atoms with van der Waals surface area (Å²) in [7, 11) is 0. The van der Waals surface area contributed by atoms with Gasteiger partial charge in [0, 0.05) is 17.3 Å². The van der Waals surface area contributed by atoms with Crippen LogP contribution in [0.15, 0.2) is 36.5 Å². The van der Waals surface area contributed by atoms with Gasteiger partial charge in [-0.05, 0) is 18.2 Å². The van der Waals surface area contributed by atoms with E-state index in [0.717, 1.165) is 12.1 Å². The third-order valence-electron chi connectivity index (χ3n) is 2.74. The summed E-state index contributed by atoms with van der Waals surface area (Å²) in [5.41, 5.74) is 6.67. The average Bonchev–Trinajstić information content (AvgIpc) is 2.38. The number of nitrogens with zero attached hydrogens (tertiary/aromatic N) is 1. The zero-order valence-corrected chi connectivity index (χ0v) is 9.78. The fourth-order valence-electron chi connectivity index (χ4n) is 1.70. The van der Waals surface area contributed by atoms with Gasteiger partial charge >= 0.3 is 6.18 Å². The molecule has 0 saturated carbocycles. The van der Waals surface area contributed by atoms with Gasteiger partial charge < -0.3 is 10.8 Å². The van der Waals surface area contributed by atoms with Crippen LogP contribution in [0.5, 0.6) is 0 Å². The summed E-state index contributed by atoms with van der Waals surface area (Å²) < 4.78 is 37.3. The molecule has 0 aliphatic carbocycles. The molecule has 0 fully saturated rings. The number of rotatable bonds is 2. The normalized spacial score (nSPS) is 11.6. The number of hydrogen-bond donors (Lipinski definition) is 2. The van der Waals surface area contributed by atoms with Crippen LogP contribution in [0, 0.1) is 0 Å². The maximum atomic E-state index is 12.4. The van der Waals surface area contributed by atoms with Crippen LogP contribution < -0.4 is 5.73 Å². The molecule has 2 rings (SSSR count). The van der Waals surface area contributed by atoms with Crippen molar-refractivity contribution in [2.24, 2.45) is 0 Å². The van der Waals surface area contributed by atoms with E-state index in [9.17, 15) is 13.2 Å². The van der Waals surface area contributed by atoms with Crippen LogP contribution in [0.2, 0.25) is 0 Å². The van der Waals surface area contributed by atoms with Gasteiger partial charge in [-0.3, -0.25) is 4.98 Å². The average molecular weight is 268 g/mol. The van der Waals surface area contributed by atoms with Crippen molar-refractivity contribution in [1.29, 1.82) is 0 Å². The number of pyridine rings is 1. The first-order valence-electron chi connectivity index (χ1n) is 5.45. The Labute approximate surface area is 107 Å². The highest BCUT2D eigenvalue weighted by Gasteiger charge is 2.30. The topological polar surface area (TPSA) is 59.1 Å². The van der Waals surface area contributed by atoms with E-state index in [4.69, 9.17) is 10.8 Å². The molecule has 0 amide bonds. The lowest BCUT2D eigenvalue weighted by atomic mass is 10.0. The molecular formula is C13H11F3N2O. The van der Waals surface area contributed by atoms with Gasteiger partial charge in [0.15, 0.2) is 0 Å². The predicted molar refractivity (Wildman–Crippen MR) is 65.0 cm³/mol. The van der Waals surface area contributed by atoms with Crippen LogP contribution in [0.25, 0.3) is 11.3 Å². The smallest absolute Gasteiger partial charge is 0.397 e. The number of halogens is 3. The highest BCUT2D eigenvalue weighted by atomic mass is 19.4. The number of benzene rings is 1. The van der Waals surface area contributed by atoms with E-state index in [0.29, 0.717) is 16.8 Å². The monoisotopic (exact) mass is 268 g/mol. The van der Waals surface area contributed by atoms with Crippen molar-refractivity contribution in [1.82, 2.24) is 4.98 Å². The Balaban J connectivity index is 2.43. The standard InChI is InChI=1S/C13H11F3N2O/c14-13(15,16)10-3-1-8(2-4-10)12-11(17)9(7-19)5-6-18-12/h1-6,19H,7,17H2. The molecule has 1 aromatic carbocycles. The largest absolute Gasteiger partial charge is 0.416 e. The summed E-state index contributed by atoms with van der Waals surface area (Å²) in [6.45, 7) is -0.248. The molecule has 3 N–H and O–H groups in total. The van der Waals surface area contributed by atoms with Crippen LogP contribution in [-0.4, -0.2) is 10.1 Å². The molecule has 6 heteroatoms. The van der Waals surface area contributed by atoms with E-state index in [1.807, 2.05) is 0 Å². The molecule has 3 nitrogen and oxygen atoms in total. The maximum absolute atomic E-state index is 12.4. The maximum Gasteiger partial charge on any atom is 0.416 e. The van der Waals surface area contributed by atoms with Gasteiger partial charge in [0.1, 0.15) is 0 Å². The van der Waals surface area contributed by atoms with Crippen molar-refractivity contribution in [2.45, 2.75) is 12.8 Å². The van der Waals surface area contributed by atoms with E-state index in [1.54, 1.807) is 6.07 Å². The Morgan fingerprint density at radius 2 is 1.74 bits per heavy atom. The number of anilines is 1. The fraction of sp³-hybridized carbons (Fsp3) is 0.154. The summed E-state index contributed by atoms with van der Waals surface area (Å²) in [6.07, 6.45) is -2.92. The van der Waals surface area contributed by atoms with Crippen molar-refractivity contribution in [3.8, 4) is 11.3 Å². The Hall–Kier alpha value is -2.08. The third-order valence-corrected chi connectivity index (χ3v) is 2.74. The molecule has 2 aromatic rings. The van der Waals surface area contributed by atoms with Gasteiger partial charge in [0.25, 0.3) is 0 Å². The summed E-state index contributed by atoms with van der Waals surface area (Å²) in [6, 6.07) is 6.12. The molecule has 1 heterocycles. The predicted octanol–water partition coefficient (Wildman–Crippen LogP) is 2.84. The van der Waals surface area contributed by atoms with E-state index in [2.05, 4.69) is 4.98 Å². The molecule has 0 spiro atoms. The second-order valence-corrected chi connectivity index (χ2v) is 3.97. The summed E-state index contributed by atoms with van der Waals surface area (Å²) in [5.74, 6) is 0. The number of nitrogen functional groups attached to an aromatic ring is 1. The number of aliphatic hydroxyl groups excluding tert-OH is 1. The van der Waals surface area contributed by atoms with Gasteiger partial charge in [-0.15, -0.1) is 0 Å². The van der Waals surface area contributed by atoms with Gasteiger partial charge in [-0.1, -0.05) is 12.1 Å². The molecule has 0 aliphatic heterocycles. The van der Waals surface area contributed by atoms with E-state index in [-0.39, 0.29) is 12.3 Å². The van der Waals surface area contributed by atoms with Crippen molar-refractivity contribution in [2.75, 3.05) is 5.73 Å². The molecular weight excluding hydrogens is 257 g/mol. The van der Waals surface area contributed by atoms with E-state index >= 15 is 0 Å². The lowest BCUT2D eigenvalue weighted by molar-refractivity contribution is -0.137. The second kappa shape index (κ2) is 4.89. The number of aliphatic hydroxyl groups is 1. The number of alkyl halides is 3. The zero-order chi connectivity index (χ0) is 14.0. The minimum absolute atomic E-state index is 0.248. The molecule has 0 unspecified atom stereocenters. The minimum atomic E-state index is -4.37. The quantitative estimate of drug-likeness (QED) is 0.880. The molecule has 1 aromatic heterocycles. The van der Waals surface area contributed by atoms with Gasteiger partial charge in [0.2, 0.25) is 0 Å². The van der Waals surface area contributed by atoms with Gasteiger partial charge in [-0.2, -0.15) is 13.2 Å². The number of hydrogen-bond acceptors (Lipinski definition) is 3.